The quantitative estimate of drug-likeness (QED) is 0.617. The van der Waals surface area contributed by atoms with E-state index in [4.69, 9.17) is 4.74 Å². The normalized spacial score (nSPS) is 11.6. The SMILES string of the molecule is CCCCNC(=O)[C@@H](C)N(Cc1ccccc1F)C(=O)COc1cccc(C)c1. The van der Waals surface area contributed by atoms with E-state index in [-0.39, 0.29) is 25.0 Å². The molecule has 0 unspecified atom stereocenters. The minimum atomic E-state index is -0.750. The molecule has 0 aliphatic rings. The van der Waals surface area contributed by atoms with Gasteiger partial charge in [-0.15, -0.1) is 0 Å². The highest BCUT2D eigenvalue weighted by Crippen LogP contribution is 2.15. The molecule has 5 nitrogen and oxygen atoms in total. The van der Waals surface area contributed by atoms with Gasteiger partial charge in [-0.3, -0.25) is 9.59 Å². The Kier molecular flexibility index (Phi) is 8.65. The van der Waals surface area contributed by atoms with Gasteiger partial charge in [0.25, 0.3) is 5.91 Å². The zero-order chi connectivity index (χ0) is 21.2. The molecule has 0 aliphatic heterocycles. The minimum Gasteiger partial charge on any atom is -0.484 e. The van der Waals surface area contributed by atoms with Crippen molar-refractivity contribution in [2.24, 2.45) is 0 Å². The molecule has 2 aromatic carbocycles. The number of hydrogen-bond donors (Lipinski definition) is 1. The third-order valence-corrected chi connectivity index (χ3v) is 4.65. The van der Waals surface area contributed by atoms with Gasteiger partial charge < -0.3 is 15.0 Å². The van der Waals surface area contributed by atoms with Crippen LogP contribution in [0.3, 0.4) is 0 Å². The van der Waals surface area contributed by atoms with E-state index in [9.17, 15) is 14.0 Å². The molecule has 0 saturated heterocycles. The Labute approximate surface area is 171 Å². The van der Waals surface area contributed by atoms with Crippen molar-refractivity contribution in [2.75, 3.05) is 13.2 Å². The van der Waals surface area contributed by atoms with Crippen LogP contribution in [0.2, 0.25) is 0 Å². The summed E-state index contributed by atoms with van der Waals surface area (Å²) in [6.07, 6.45) is 1.81. The van der Waals surface area contributed by atoms with Crippen LogP contribution in [-0.4, -0.2) is 35.9 Å². The first-order valence-corrected chi connectivity index (χ1v) is 9.92. The number of halogens is 1. The second-order valence-electron chi connectivity index (χ2n) is 7.04. The van der Waals surface area contributed by atoms with Crippen molar-refractivity contribution in [3.63, 3.8) is 0 Å². The summed E-state index contributed by atoms with van der Waals surface area (Å²) in [5.41, 5.74) is 1.37. The number of carbonyl (C=O) groups is 2. The van der Waals surface area contributed by atoms with Crippen LogP contribution in [0.15, 0.2) is 48.5 Å². The number of benzene rings is 2. The van der Waals surface area contributed by atoms with E-state index < -0.39 is 11.9 Å². The molecule has 2 rings (SSSR count). The van der Waals surface area contributed by atoms with Gasteiger partial charge in [-0.2, -0.15) is 0 Å². The molecule has 1 atom stereocenters. The lowest BCUT2D eigenvalue weighted by atomic mass is 10.1. The number of nitrogens with zero attached hydrogens (tertiary/aromatic N) is 1. The first-order valence-electron chi connectivity index (χ1n) is 9.92. The molecule has 1 N–H and O–H groups in total. The highest BCUT2D eigenvalue weighted by molar-refractivity contribution is 5.87. The predicted molar refractivity (Wildman–Crippen MR) is 111 cm³/mol. The molecule has 0 aromatic heterocycles. The Balaban J connectivity index is 2.12. The van der Waals surface area contributed by atoms with Crippen molar-refractivity contribution in [1.29, 1.82) is 0 Å². The van der Waals surface area contributed by atoms with E-state index in [0.717, 1.165) is 18.4 Å². The summed E-state index contributed by atoms with van der Waals surface area (Å²) in [7, 11) is 0. The van der Waals surface area contributed by atoms with Gasteiger partial charge in [0, 0.05) is 18.7 Å². The van der Waals surface area contributed by atoms with Crippen LogP contribution < -0.4 is 10.1 Å². The maximum absolute atomic E-state index is 14.2. The lowest BCUT2D eigenvalue weighted by molar-refractivity contribution is -0.142. The Hall–Kier alpha value is -2.89. The average Bonchev–Trinajstić information content (AvgIpc) is 2.71. The van der Waals surface area contributed by atoms with Gasteiger partial charge in [0.2, 0.25) is 5.91 Å². The zero-order valence-electron chi connectivity index (χ0n) is 17.3. The maximum Gasteiger partial charge on any atom is 0.261 e. The smallest absolute Gasteiger partial charge is 0.261 e. The molecule has 0 aliphatic carbocycles. The first-order chi connectivity index (χ1) is 13.9. The zero-order valence-corrected chi connectivity index (χ0v) is 17.3. The number of unbranched alkanes of at least 4 members (excludes halogenated alkanes) is 1. The van der Waals surface area contributed by atoms with Gasteiger partial charge >= 0.3 is 0 Å². The number of nitrogens with one attached hydrogen (secondary N) is 1. The molecule has 0 fully saturated rings. The van der Waals surface area contributed by atoms with Gasteiger partial charge in [0.15, 0.2) is 6.61 Å². The van der Waals surface area contributed by atoms with Crippen LogP contribution >= 0.6 is 0 Å². The molecule has 0 radical (unpaired) electrons. The van der Waals surface area contributed by atoms with E-state index in [1.54, 1.807) is 31.2 Å². The molecule has 0 spiro atoms. The van der Waals surface area contributed by atoms with E-state index in [0.29, 0.717) is 17.9 Å². The summed E-state index contributed by atoms with van der Waals surface area (Å²) < 4.78 is 19.8. The van der Waals surface area contributed by atoms with Gasteiger partial charge in [0.1, 0.15) is 17.6 Å². The second-order valence-corrected chi connectivity index (χ2v) is 7.04. The van der Waals surface area contributed by atoms with Gasteiger partial charge in [0.05, 0.1) is 0 Å². The molecular formula is C23H29FN2O3. The molecule has 0 heterocycles. The van der Waals surface area contributed by atoms with Crippen molar-refractivity contribution in [3.05, 3.63) is 65.5 Å². The fraction of sp³-hybridized carbons (Fsp3) is 0.391. The van der Waals surface area contributed by atoms with Crippen molar-refractivity contribution in [1.82, 2.24) is 10.2 Å². The van der Waals surface area contributed by atoms with Crippen LogP contribution in [0.25, 0.3) is 0 Å². The topological polar surface area (TPSA) is 58.6 Å². The van der Waals surface area contributed by atoms with Crippen LogP contribution in [-0.2, 0) is 16.1 Å². The van der Waals surface area contributed by atoms with E-state index in [1.807, 2.05) is 32.0 Å². The Morgan fingerprint density at radius 3 is 2.62 bits per heavy atom. The van der Waals surface area contributed by atoms with E-state index in [2.05, 4.69) is 5.32 Å². The summed E-state index contributed by atoms with van der Waals surface area (Å²) in [6, 6.07) is 12.9. The third-order valence-electron chi connectivity index (χ3n) is 4.65. The first kappa shape index (κ1) is 22.4. The molecule has 2 amide bonds. The van der Waals surface area contributed by atoms with Crippen LogP contribution in [0.1, 0.15) is 37.8 Å². The summed E-state index contributed by atoms with van der Waals surface area (Å²) in [5, 5.41) is 2.83. The lowest BCUT2D eigenvalue weighted by Gasteiger charge is -2.29. The monoisotopic (exact) mass is 400 g/mol. The fourth-order valence-electron chi connectivity index (χ4n) is 2.86. The number of amides is 2. The van der Waals surface area contributed by atoms with E-state index in [1.165, 1.54) is 11.0 Å². The molecule has 0 bridgehead atoms. The minimum absolute atomic E-state index is 0.00888. The molecule has 2 aromatic rings. The van der Waals surface area contributed by atoms with Crippen molar-refractivity contribution in [2.45, 2.75) is 46.2 Å². The molecule has 29 heavy (non-hydrogen) atoms. The Bertz CT molecular complexity index is 825. The number of rotatable bonds is 10. The average molecular weight is 400 g/mol. The fourth-order valence-corrected chi connectivity index (χ4v) is 2.86. The predicted octanol–water partition coefficient (Wildman–Crippen LogP) is 3.85. The summed E-state index contributed by atoms with van der Waals surface area (Å²) in [6.45, 7) is 5.91. The van der Waals surface area contributed by atoms with Crippen molar-refractivity contribution >= 4 is 11.8 Å². The summed E-state index contributed by atoms with van der Waals surface area (Å²) >= 11 is 0. The van der Waals surface area contributed by atoms with Crippen molar-refractivity contribution < 1.29 is 18.7 Å². The van der Waals surface area contributed by atoms with Crippen LogP contribution in [0.4, 0.5) is 4.39 Å². The van der Waals surface area contributed by atoms with Gasteiger partial charge in [-0.1, -0.05) is 43.7 Å². The molecule has 156 valence electrons. The Morgan fingerprint density at radius 1 is 1.17 bits per heavy atom. The lowest BCUT2D eigenvalue weighted by Crippen LogP contribution is -2.49. The number of ether oxygens (including phenoxy) is 1. The number of carbonyl (C=O) groups excluding carboxylic acids is 2. The van der Waals surface area contributed by atoms with Gasteiger partial charge in [-0.25, -0.2) is 4.39 Å². The summed E-state index contributed by atoms with van der Waals surface area (Å²) in [4.78, 5) is 26.8. The maximum atomic E-state index is 14.2. The number of aryl methyl sites for hydroxylation is 1. The second kappa shape index (κ2) is 11.2. The van der Waals surface area contributed by atoms with E-state index >= 15 is 0 Å². The van der Waals surface area contributed by atoms with Crippen LogP contribution in [0.5, 0.6) is 5.75 Å². The largest absolute Gasteiger partial charge is 0.484 e. The standard InChI is InChI=1S/C23H29FN2O3/c1-4-5-13-25-23(28)18(3)26(15-19-10-6-7-12-21(19)24)22(27)16-29-20-11-8-9-17(2)14-20/h6-12,14,18H,4-5,13,15-16H2,1-3H3,(H,25,28)/t18-/m1/s1. The number of hydrogen-bond acceptors (Lipinski definition) is 3. The molecule has 0 saturated carbocycles. The Morgan fingerprint density at radius 2 is 1.93 bits per heavy atom. The molecule has 6 heteroatoms. The third kappa shape index (κ3) is 6.89. The summed E-state index contributed by atoms with van der Waals surface area (Å²) in [5.74, 6) is -0.487. The van der Waals surface area contributed by atoms with Crippen molar-refractivity contribution in [3.8, 4) is 5.75 Å². The highest BCUT2D eigenvalue weighted by atomic mass is 19.1. The van der Waals surface area contributed by atoms with Gasteiger partial charge in [-0.05, 0) is 44.0 Å². The molecular weight excluding hydrogens is 371 g/mol. The van der Waals surface area contributed by atoms with Crippen LogP contribution in [0, 0.1) is 12.7 Å². The highest BCUT2D eigenvalue weighted by Gasteiger charge is 2.27.